The number of aromatic nitrogens is 4. The van der Waals surface area contributed by atoms with Crippen LogP contribution in [0.15, 0.2) is 62.7 Å². The van der Waals surface area contributed by atoms with Gasteiger partial charge in [0, 0.05) is 24.8 Å². The number of rotatable bonds is 4. The van der Waals surface area contributed by atoms with E-state index in [1.165, 1.54) is 4.57 Å². The van der Waals surface area contributed by atoms with E-state index >= 15 is 0 Å². The van der Waals surface area contributed by atoms with Crippen LogP contribution in [0.3, 0.4) is 0 Å². The predicted octanol–water partition coefficient (Wildman–Crippen LogP) is 0.479. The first-order valence-electron chi connectivity index (χ1n) is 9.80. The number of hydrogen-bond donors (Lipinski definition) is 1. The van der Waals surface area contributed by atoms with Crippen molar-refractivity contribution in [1.82, 2.24) is 19.5 Å². The summed E-state index contributed by atoms with van der Waals surface area (Å²) >= 11 is 0. The Morgan fingerprint density at radius 1 is 1.16 bits per heavy atom. The summed E-state index contributed by atoms with van der Waals surface area (Å²) in [6.07, 6.45) is 7.98. The fraction of sp³-hybridized carbons (Fsp3) is 0.136. The average Bonchev–Trinajstić information content (AvgIpc) is 3.33. The molecule has 32 heavy (non-hydrogen) atoms. The number of nitrogens with zero attached hydrogens (tertiary/aromatic N) is 4. The highest BCUT2D eigenvalue weighted by Crippen LogP contribution is 2.38. The molecule has 0 amide bonds. The molecule has 0 saturated heterocycles. The number of nitrogens with two attached hydrogens (primary N) is 1. The topological polar surface area (TPSA) is 139 Å². The summed E-state index contributed by atoms with van der Waals surface area (Å²) in [4.78, 5) is 38.3. The highest BCUT2D eigenvalue weighted by molar-refractivity contribution is 6.12. The second kappa shape index (κ2) is 7.65. The predicted molar refractivity (Wildman–Crippen MR) is 112 cm³/mol. The summed E-state index contributed by atoms with van der Waals surface area (Å²) < 4.78 is 18.0. The standard InChI is InChI=1S/C22H17N5O5/c1-2-30-21(29)16-15(13-5-9-25-10-6-13)17-19(32-22(23)26-17)27-14(20(28)31-18(16)27)11-12-3-7-24-8-4-12/h3-11,15H,2H2,1H3,(H2,23,26)/b14-11+. The van der Waals surface area contributed by atoms with Gasteiger partial charge in [0.2, 0.25) is 11.4 Å². The molecule has 4 aromatic heterocycles. The molecule has 1 unspecified atom stereocenters. The number of pyridine rings is 2. The number of ether oxygens (including phenoxy) is 1. The molecule has 1 atom stereocenters. The molecule has 0 radical (unpaired) electrons. The molecule has 160 valence electrons. The third kappa shape index (κ3) is 3.09. The zero-order valence-corrected chi connectivity index (χ0v) is 16.9. The molecule has 5 rings (SSSR count). The number of oxazole rings is 2. The van der Waals surface area contributed by atoms with Gasteiger partial charge in [-0.3, -0.25) is 9.97 Å². The van der Waals surface area contributed by atoms with Gasteiger partial charge in [-0.05, 0) is 48.4 Å². The van der Waals surface area contributed by atoms with Crippen LogP contribution < -0.4 is 22.3 Å². The van der Waals surface area contributed by atoms with Crippen LogP contribution in [0.5, 0.6) is 0 Å². The molecule has 10 heteroatoms. The van der Waals surface area contributed by atoms with E-state index in [-0.39, 0.29) is 35.0 Å². The second-order valence-electron chi connectivity index (χ2n) is 6.93. The molecule has 0 fully saturated rings. The van der Waals surface area contributed by atoms with Crippen LogP contribution in [0.4, 0.5) is 6.01 Å². The maximum Gasteiger partial charge on any atom is 0.362 e. The van der Waals surface area contributed by atoms with Crippen LogP contribution in [0, 0.1) is 0 Å². The quantitative estimate of drug-likeness (QED) is 0.457. The minimum absolute atomic E-state index is 0.000724. The molecule has 2 N–H and O–H groups in total. The van der Waals surface area contributed by atoms with Gasteiger partial charge >= 0.3 is 11.6 Å². The third-order valence-corrected chi connectivity index (χ3v) is 5.03. The lowest BCUT2D eigenvalue weighted by atomic mass is 9.87. The van der Waals surface area contributed by atoms with E-state index < -0.39 is 17.5 Å². The van der Waals surface area contributed by atoms with Gasteiger partial charge in [0.05, 0.1) is 12.5 Å². The maximum atomic E-state index is 13.1. The third-order valence-electron chi connectivity index (χ3n) is 5.03. The lowest BCUT2D eigenvalue weighted by molar-refractivity contribution is -0.136. The minimum Gasteiger partial charge on any atom is -0.462 e. The normalized spacial score (nSPS) is 15.3. The van der Waals surface area contributed by atoms with Crippen LogP contribution in [0.1, 0.15) is 29.7 Å². The Balaban J connectivity index is 1.92. The smallest absolute Gasteiger partial charge is 0.362 e. The van der Waals surface area contributed by atoms with Crippen molar-refractivity contribution < 1.29 is 18.4 Å². The SMILES string of the molecule is CCOC(=O)C1=c2oc(=O)/c(=C\c3ccncc3)n2-c2oc(N)nc2C1c1ccncc1. The largest absolute Gasteiger partial charge is 0.462 e. The van der Waals surface area contributed by atoms with E-state index in [1.54, 1.807) is 62.1 Å². The van der Waals surface area contributed by atoms with Crippen molar-refractivity contribution in [3.63, 3.8) is 0 Å². The monoisotopic (exact) mass is 431 g/mol. The molecular formula is C22H17N5O5. The molecular weight excluding hydrogens is 414 g/mol. The lowest BCUT2D eigenvalue weighted by Crippen LogP contribution is -2.37. The van der Waals surface area contributed by atoms with Gasteiger partial charge in [-0.1, -0.05) is 0 Å². The molecule has 4 aromatic rings. The van der Waals surface area contributed by atoms with Crippen LogP contribution >= 0.6 is 0 Å². The van der Waals surface area contributed by atoms with Gasteiger partial charge in [-0.15, -0.1) is 0 Å². The summed E-state index contributed by atoms with van der Waals surface area (Å²) in [6, 6.07) is 6.82. The average molecular weight is 431 g/mol. The number of hydrogen-bond acceptors (Lipinski definition) is 9. The minimum atomic E-state index is -0.729. The second-order valence-corrected chi connectivity index (χ2v) is 6.93. The van der Waals surface area contributed by atoms with Gasteiger partial charge in [0.25, 0.3) is 6.01 Å². The molecule has 10 nitrogen and oxygen atoms in total. The van der Waals surface area contributed by atoms with Crippen molar-refractivity contribution in [2.75, 3.05) is 12.3 Å². The first-order valence-corrected chi connectivity index (χ1v) is 9.80. The zero-order chi connectivity index (χ0) is 22.2. The van der Waals surface area contributed by atoms with Gasteiger partial charge in [0.1, 0.15) is 16.6 Å². The summed E-state index contributed by atoms with van der Waals surface area (Å²) in [5.41, 5.74) is 7.10. The molecule has 1 aliphatic heterocycles. The highest BCUT2D eigenvalue weighted by Gasteiger charge is 2.39. The van der Waals surface area contributed by atoms with Crippen molar-refractivity contribution >= 4 is 23.6 Å². The fourth-order valence-corrected chi connectivity index (χ4v) is 3.75. The van der Waals surface area contributed by atoms with E-state index in [0.717, 1.165) is 0 Å². The molecule has 0 bridgehead atoms. The molecule has 0 saturated carbocycles. The Morgan fingerprint density at radius 2 is 1.84 bits per heavy atom. The van der Waals surface area contributed by atoms with Crippen molar-refractivity contribution in [2.24, 2.45) is 0 Å². The maximum absolute atomic E-state index is 13.1. The van der Waals surface area contributed by atoms with E-state index in [0.29, 0.717) is 16.8 Å². The molecule has 0 aromatic carbocycles. The molecule has 0 spiro atoms. The first-order chi connectivity index (χ1) is 15.6. The zero-order valence-electron chi connectivity index (χ0n) is 16.9. The molecule has 1 aliphatic rings. The van der Waals surface area contributed by atoms with Crippen molar-refractivity contribution in [2.45, 2.75) is 12.8 Å². The van der Waals surface area contributed by atoms with Gasteiger partial charge < -0.3 is 19.3 Å². The number of carbonyl (C=O) groups is 1. The van der Waals surface area contributed by atoms with E-state index in [2.05, 4.69) is 15.0 Å². The number of carbonyl (C=O) groups excluding carboxylic acids is 1. The number of nitrogen functional groups attached to an aromatic ring is 1. The van der Waals surface area contributed by atoms with Crippen molar-refractivity contribution in [1.29, 1.82) is 0 Å². The summed E-state index contributed by atoms with van der Waals surface area (Å²) in [7, 11) is 0. The van der Waals surface area contributed by atoms with Crippen LogP contribution in [-0.2, 0) is 9.53 Å². The van der Waals surface area contributed by atoms with E-state index in [4.69, 9.17) is 19.3 Å². The van der Waals surface area contributed by atoms with Crippen molar-refractivity contribution in [3.8, 4) is 5.88 Å². The van der Waals surface area contributed by atoms with Gasteiger partial charge in [-0.2, -0.15) is 4.98 Å². The summed E-state index contributed by atoms with van der Waals surface area (Å²) in [6.45, 7) is 1.83. The Labute approximate surface area is 180 Å². The van der Waals surface area contributed by atoms with E-state index in [9.17, 15) is 9.59 Å². The number of esters is 1. The summed E-state index contributed by atoms with van der Waals surface area (Å²) in [5, 5.41) is 0.138. The van der Waals surface area contributed by atoms with Crippen LogP contribution in [0.25, 0.3) is 17.5 Å². The fourth-order valence-electron chi connectivity index (χ4n) is 3.75. The summed E-state index contributed by atoms with van der Waals surface area (Å²) in [5.74, 6) is -1.18. The highest BCUT2D eigenvalue weighted by atomic mass is 16.5. The van der Waals surface area contributed by atoms with Gasteiger partial charge in [-0.25, -0.2) is 14.2 Å². The molecule has 0 aliphatic carbocycles. The Hall–Kier alpha value is -4.47. The number of anilines is 1. The van der Waals surface area contributed by atoms with Crippen LogP contribution in [-0.4, -0.2) is 32.1 Å². The van der Waals surface area contributed by atoms with E-state index in [1.807, 2.05) is 0 Å². The molecule has 5 heterocycles. The Kier molecular flexibility index (Phi) is 4.66. The Bertz CT molecular complexity index is 1490. The Morgan fingerprint density at radius 3 is 2.53 bits per heavy atom. The van der Waals surface area contributed by atoms with Gasteiger partial charge in [0.15, 0.2) is 0 Å². The number of fused-ring (bicyclic) bond motifs is 3. The van der Waals surface area contributed by atoms with Crippen LogP contribution in [0.2, 0.25) is 0 Å². The van der Waals surface area contributed by atoms with Crippen molar-refractivity contribution in [3.05, 3.63) is 87.2 Å². The lowest BCUT2D eigenvalue weighted by Gasteiger charge is -2.21. The first kappa shape index (κ1) is 19.5.